The molecule has 1 heterocycles. The van der Waals surface area contributed by atoms with E-state index >= 15 is 0 Å². The lowest BCUT2D eigenvalue weighted by Crippen LogP contribution is -2.21. The highest BCUT2D eigenvalue weighted by atomic mass is 19.1. The number of ether oxygens (including phenoxy) is 2. The molecule has 0 aliphatic carbocycles. The molecular weight excluding hydrogens is 387 g/mol. The molecular formula is C23H23FN2O4. The number of amides is 1. The van der Waals surface area contributed by atoms with Gasteiger partial charge in [-0.3, -0.25) is 4.79 Å². The third-order valence-corrected chi connectivity index (χ3v) is 4.53. The van der Waals surface area contributed by atoms with Gasteiger partial charge >= 0.3 is 5.97 Å². The minimum Gasteiger partial charge on any atom is -0.492 e. The standard InChI is InChI=1S/C23H23FN2O4/c1-4-29-21-8-6-5-7-20(21)25-22(27)14-30-23(28)19-13-15(2)26(16(19)3)18-11-9-17(24)10-12-18/h5-13H,4,14H2,1-3H3,(H,25,27). The molecule has 0 aliphatic rings. The van der Waals surface area contributed by atoms with E-state index in [0.717, 1.165) is 11.4 Å². The van der Waals surface area contributed by atoms with Crippen molar-refractivity contribution < 1.29 is 23.5 Å². The highest BCUT2D eigenvalue weighted by molar-refractivity contribution is 5.97. The van der Waals surface area contributed by atoms with E-state index in [1.807, 2.05) is 18.4 Å². The van der Waals surface area contributed by atoms with Crippen LogP contribution in [0.15, 0.2) is 54.6 Å². The van der Waals surface area contributed by atoms with Gasteiger partial charge in [0.2, 0.25) is 0 Å². The maximum Gasteiger partial charge on any atom is 0.340 e. The minimum atomic E-state index is -0.607. The molecule has 0 radical (unpaired) electrons. The van der Waals surface area contributed by atoms with Gasteiger partial charge in [-0.1, -0.05) is 12.1 Å². The summed E-state index contributed by atoms with van der Waals surface area (Å²) in [6.45, 7) is 5.49. The van der Waals surface area contributed by atoms with E-state index in [0.29, 0.717) is 29.3 Å². The number of para-hydroxylation sites is 2. The lowest BCUT2D eigenvalue weighted by molar-refractivity contribution is -0.119. The van der Waals surface area contributed by atoms with E-state index in [-0.39, 0.29) is 5.82 Å². The van der Waals surface area contributed by atoms with Gasteiger partial charge in [-0.2, -0.15) is 0 Å². The first-order valence-electron chi connectivity index (χ1n) is 9.54. The van der Waals surface area contributed by atoms with Crippen LogP contribution < -0.4 is 10.1 Å². The fraction of sp³-hybridized carbons (Fsp3) is 0.217. The Morgan fingerprint density at radius 1 is 1.07 bits per heavy atom. The molecule has 0 fully saturated rings. The normalized spacial score (nSPS) is 10.5. The van der Waals surface area contributed by atoms with E-state index in [2.05, 4.69) is 5.32 Å². The van der Waals surface area contributed by atoms with E-state index in [9.17, 15) is 14.0 Å². The highest BCUT2D eigenvalue weighted by Gasteiger charge is 2.19. The summed E-state index contributed by atoms with van der Waals surface area (Å²) < 4.78 is 25.7. The third kappa shape index (κ3) is 4.68. The van der Waals surface area contributed by atoms with Gasteiger partial charge in [0.1, 0.15) is 11.6 Å². The second-order valence-electron chi connectivity index (χ2n) is 6.65. The topological polar surface area (TPSA) is 69.6 Å². The van der Waals surface area contributed by atoms with Crippen molar-refractivity contribution >= 4 is 17.6 Å². The fourth-order valence-electron chi connectivity index (χ4n) is 3.20. The average Bonchev–Trinajstić information content (AvgIpc) is 3.03. The van der Waals surface area contributed by atoms with Crippen LogP contribution in [0.5, 0.6) is 5.75 Å². The third-order valence-electron chi connectivity index (χ3n) is 4.53. The van der Waals surface area contributed by atoms with Gasteiger partial charge < -0.3 is 19.4 Å². The zero-order chi connectivity index (χ0) is 21.7. The van der Waals surface area contributed by atoms with Crippen LogP contribution >= 0.6 is 0 Å². The Labute approximate surface area is 174 Å². The van der Waals surface area contributed by atoms with Gasteiger partial charge in [-0.25, -0.2) is 9.18 Å². The summed E-state index contributed by atoms with van der Waals surface area (Å²) in [4.78, 5) is 24.8. The predicted octanol–water partition coefficient (Wildman–Crippen LogP) is 4.43. The first kappa shape index (κ1) is 21.1. The number of aromatic nitrogens is 1. The predicted molar refractivity (Wildman–Crippen MR) is 112 cm³/mol. The average molecular weight is 410 g/mol. The molecule has 0 spiro atoms. The lowest BCUT2D eigenvalue weighted by atomic mass is 10.2. The number of nitrogens with zero attached hydrogens (tertiary/aromatic N) is 1. The second kappa shape index (κ2) is 9.26. The van der Waals surface area contributed by atoms with Crippen molar-refractivity contribution in [2.24, 2.45) is 0 Å². The summed E-state index contributed by atoms with van der Waals surface area (Å²) in [6, 6.07) is 14.7. The molecule has 156 valence electrons. The molecule has 2 aromatic carbocycles. The monoisotopic (exact) mass is 410 g/mol. The maximum atomic E-state index is 13.2. The Kier molecular flexibility index (Phi) is 6.51. The van der Waals surface area contributed by atoms with Gasteiger partial charge in [0.25, 0.3) is 5.91 Å². The number of carbonyl (C=O) groups excluding carboxylic acids is 2. The van der Waals surface area contributed by atoms with E-state index in [1.54, 1.807) is 49.4 Å². The molecule has 0 unspecified atom stereocenters. The number of carbonyl (C=O) groups is 2. The van der Waals surface area contributed by atoms with Gasteiger partial charge in [0.05, 0.1) is 17.9 Å². The van der Waals surface area contributed by atoms with Crippen LogP contribution in [-0.2, 0) is 9.53 Å². The summed E-state index contributed by atoms with van der Waals surface area (Å²) in [5.41, 5.74) is 3.03. The number of hydrogen-bond donors (Lipinski definition) is 1. The number of benzene rings is 2. The molecule has 3 aromatic rings. The second-order valence-corrected chi connectivity index (χ2v) is 6.65. The Morgan fingerprint density at radius 2 is 1.77 bits per heavy atom. The Hall–Kier alpha value is -3.61. The van der Waals surface area contributed by atoms with Gasteiger partial charge in [0.15, 0.2) is 6.61 Å². The van der Waals surface area contributed by atoms with Gasteiger partial charge in [0, 0.05) is 17.1 Å². The number of hydrogen-bond acceptors (Lipinski definition) is 4. The molecule has 3 rings (SSSR count). The molecule has 6 nitrogen and oxygen atoms in total. The van der Waals surface area contributed by atoms with Gasteiger partial charge in [-0.15, -0.1) is 0 Å². The number of halogens is 1. The minimum absolute atomic E-state index is 0.335. The zero-order valence-corrected chi connectivity index (χ0v) is 17.1. The van der Waals surface area contributed by atoms with Crippen molar-refractivity contribution in [3.8, 4) is 11.4 Å². The Morgan fingerprint density at radius 3 is 2.47 bits per heavy atom. The first-order valence-corrected chi connectivity index (χ1v) is 9.54. The Balaban J connectivity index is 1.68. The summed E-state index contributed by atoms with van der Waals surface area (Å²) >= 11 is 0. The zero-order valence-electron chi connectivity index (χ0n) is 17.1. The van der Waals surface area contributed by atoms with Crippen molar-refractivity contribution in [2.75, 3.05) is 18.5 Å². The number of nitrogens with one attached hydrogen (secondary N) is 1. The van der Waals surface area contributed by atoms with E-state index in [1.165, 1.54) is 12.1 Å². The SMILES string of the molecule is CCOc1ccccc1NC(=O)COC(=O)c1cc(C)n(-c2ccc(F)cc2)c1C. The van der Waals surface area contributed by atoms with E-state index in [4.69, 9.17) is 9.47 Å². The van der Waals surface area contributed by atoms with Crippen LogP contribution in [0.2, 0.25) is 0 Å². The molecule has 1 N–H and O–H groups in total. The van der Waals surface area contributed by atoms with Crippen molar-refractivity contribution in [3.63, 3.8) is 0 Å². The number of rotatable bonds is 7. The van der Waals surface area contributed by atoms with Gasteiger partial charge in [-0.05, 0) is 63.2 Å². The molecule has 30 heavy (non-hydrogen) atoms. The molecule has 0 saturated heterocycles. The quantitative estimate of drug-likeness (QED) is 0.585. The molecule has 0 atom stereocenters. The molecule has 0 bridgehead atoms. The fourth-order valence-corrected chi connectivity index (χ4v) is 3.20. The van der Waals surface area contributed by atoms with Crippen molar-refractivity contribution in [2.45, 2.75) is 20.8 Å². The van der Waals surface area contributed by atoms with E-state index < -0.39 is 18.5 Å². The number of esters is 1. The summed E-state index contributed by atoms with van der Waals surface area (Å²) in [5, 5.41) is 2.68. The molecule has 7 heteroatoms. The van der Waals surface area contributed by atoms with Crippen LogP contribution in [0.25, 0.3) is 5.69 Å². The number of aryl methyl sites for hydroxylation is 1. The number of anilines is 1. The van der Waals surface area contributed by atoms with Crippen LogP contribution in [0.3, 0.4) is 0 Å². The molecule has 0 aliphatic heterocycles. The van der Waals surface area contributed by atoms with Crippen molar-refractivity contribution in [1.29, 1.82) is 0 Å². The molecule has 1 amide bonds. The molecule has 0 saturated carbocycles. The molecule has 1 aromatic heterocycles. The van der Waals surface area contributed by atoms with Crippen molar-refractivity contribution in [3.05, 3.63) is 77.4 Å². The largest absolute Gasteiger partial charge is 0.492 e. The highest BCUT2D eigenvalue weighted by Crippen LogP contribution is 2.24. The van der Waals surface area contributed by atoms with Crippen LogP contribution in [0.4, 0.5) is 10.1 Å². The summed E-state index contributed by atoms with van der Waals surface area (Å²) in [7, 11) is 0. The lowest BCUT2D eigenvalue weighted by Gasteiger charge is -2.12. The summed E-state index contributed by atoms with van der Waals surface area (Å²) in [6.07, 6.45) is 0. The maximum absolute atomic E-state index is 13.2. The van der Waals surface area contributed by atoms with Crippen LogP contribution in [0.1, 0.15) is 28.7 Å². The van der Waals surface area contributed by atoms with Crippen LogP contribution in [0, 0.1) is 19.7 Å². The first-order chi connectivity index (χ1) is 14.4. The van der Waals surface area contributed by atoms with Crippen molar-refractivity contribution in [1.82, 2.24) is 4.57 Å². The smallest absolute Gasteiger partial charge is 0.340 e. The summed E-state index contributed by atoms with van der Waals surface area (Å²) in [5.74, 6) is -0.868. The van der Waals surface area contributed by atoms with Crippen LogP contribution in [-0.4, -0.2) is 29.7 Å². The Bertz CT molecular complexity index is 1060.